The average Bonchev–Trinajstić information content (AvgIpc) is 1.84. The van der Waals surface area contributed by atoms with E-state index in [1.54, 1.807) is 6.08 Å². The smallest absolute Gasteiger partial charge is 0.308 e. The molecule has 0 unspecified atom stereocenters. The summed E-state index contributed by atoms with van der Waals surface area (Å²) < 4.78 is 0. The van der Waals surface area contributed by atoms with Gasteiger partial charge >= 0.3 is 5.97 Å². The maximum Gasteiger partial charge on any atom is 0.308 e. The van der Waals surface area contributed by atoms with E-state index in [-0.39, 0.29) is 12.3 Å². The molecule has 0 aromatic carbocycles. The van der Waals surface area contributed by atoms with Crippen molar-refractivity contribution in [3.8, 4) is 6.07 Å². The Morgan fingerprint density at radius 2 is 2.27 bits per heavy atom. The summed E-state index contributed by atoms with van der Waals surface area (Å²) in [5.74, 6) is -0.734. The van der Waals surface area contributed by atoms with Gasteiger partial charge in [-0.15, -0.1) is 0 Å². The molecule has 0 aliphatic heterocycles. The minimum atomic E-state index is -0.960. The van der Waals surface area contributed by atoms with Crippen LogP contribution in [0.2, 0.25) is 0 Å². The first kappa shape index (κ1) is 9.70. The molecule has 0 aliphatic carbocycles. The summed E-state index contributed by atoms with van der Waals surface area (Å²) in [5.41, 5.74) is 0.326. The molecule has 0 rings (SSSR count). The third-order valence-electron chi connectivity index (χ3n) is 1.02. The van der Waals surface area contributed by atoms with E-state index in [9.17, 15) is 4.79 Å². The lowest BCUT2D eigenvalue weighted by atomic mass is 10.1. The van der Waals surface area contributed by atoms with Crippen LogP contribution in [-0.4, -0.2) is 11.1 Å². The van der Waals surface area contributed by atoms with Crippen LogP contribution >= 0.6 is 0 Å². The van der Waals surface area contributed by atoms with Crippen LogP contribution in [0.15, 0.2) is 11.6 Å². The van der Waals surface area contributed by atoms with Gasteiger partial charge in [-0.25, -0.2) is 0 Å². The van der Waals surface area contributed by atoms with Gasteiger partial charge in [-0.05, 0) is 5.92 Å². The number of hydrogen-bond donors (Lipinski definition) is 1. The highest BCUT2D eigenvalue weighted by Gasteiger charge is 2.02. The highest BCUT2D eigenvalue weighted by Crippen LogP contribution is 2.04. The second-order valence-corrected chi connectivity index (χ2v) is 2.62. The van der Waals surface area contributed by atoms with Gasteiger partial charge in [-0.2, -0.15) is 5.26 Å². The van der Waals surface area contributed by atoms with Crippen LogP contribution in [0.25, 0.3) is 0 Å². The van der Waals surface area contributed by atoms with Gasteiger partial charge in [0, 0.05) is 5.57 Å². The second kappa shape index (κ2) is 4.51. The molecule has 1 N–H and O–H groups in total. The monoisotopic (exact) mass is 153 g/mol. The van der Waals surface area contributed by atoms with Gasteiger partial charge in [0.1, 0.15) is 0 Å². The van der Waals surface area contributed by atoms with E-state index in [1.165, 1.54) is 0 Å². The van der Waals surface area contributed by atoms with E-state index in [2.05, 4.69) is 0 Å². The summed E-state index contributed by atoms with van der Waals surface area (Å²) in [4.78, 5) is 10.2. The summed E-state index contributed by atoms with van der Waals surface area (Å²) in [7, 11) is 0. The molecule has 0 atom stereocenters. The van der Waals surface area contributed by atoms with Crippen LogP contribution in [0, 0.1) is 17.2 Å². The summed E-state index contributed by atoms with van der Waals surface area (Å²) >= 11 is 0. The predicted molar refractivity (Wildman–Crippen MR) is 40.8 cm³/mol. The van der Waals surface area contributed by atoms with E-state index < -0.39 is 5.97 Å². The molecule has 0 fully saturated rings. The normalized spacial score (nSPS) is 11.3. The van der Waals surface area contributed by atoms with Crippen LogP contribution < -0.4 is 0 Å². The van der Waals surface area contributed by atoms with Crippen molar-refractivity contribution < 1.29 is 9.90 Å². The highest BCUT2D eigenvalue weighted by atomic mass is 16.4. The van der Waals surface area contributed by atoms with E-state index >= 15 is 0 Å². The predicted octanol–water partition coefficient (Wildman–Crippen LogP) is 1.57. The third-order valence-corrected chi connectivity index (χ3v) is 1.02. The Balaban J connectivity index is 4.20. The van der Waals surface area contributed by atoms with Crippen molar-refractivity contribution in [2.24, 2.45) is 5.92 Å². The van der Waals surface area contributed by atoms with E-state index in [0.717, 1.165) is 0 Å². The fourth-order valence-electron chi connectivity index (χ4n) is 0.701. The summed E-state index contributed by atoms with van der Waals surface area (Å²) in [6, 6.07) is 1.84. The topological polar surface area (TPSA) is 61.1 Å². The zero-order valence-corrected chi connectivity index (χ0v) is 6.66. The first-order chi connectivity index (χ1) is 5.06. The number of carbonyl (C=O) groups is 1. The van der Waals surface area contributed by atoms with Crippen molar-refractivity contribution in [1.29, 1.82) is 5.26 Å². The van der Waals surface area contributed by atoms with Crippen molar-refractivity contribution >= 4 is 5.97 Å². The quantitative estimate of drug-likeness (QED) is 0.626. The average molecular weight is 153 g/mol. The van der Waals surface area contributed by atoms with Crippen LogP contribution in [0.4, 0.5) is 0 Å². The molecular formula is C8H11NO2. The SMILES string of the molecule is CC(C)/C=C(/C#N)CC(=O)O. The fraction of sp³-hybridized carbons (Fsp3) is 0.500. The van der Waals surface area contributed by atoms with E-state index in [0.29, 0.717) is 5.57 Å². The van der Waals surface area contributed by atoms with Crippen molar-refractivity contribution in [1.82, 2.24) is 0 Å². The minimum Gasteiger partial charge on any atom is -0.481 e. The molecule has 3 nitrogen and oxygen atoms in total. The van der Waals surface area contributed by atoms with Gasteiger partial charge in [-0.3, -0.25) is 4.79 Å². The Labute approximate surface area is 66.0 Å². The van der Waals surface area contributed by atoms with Gasteiger partial charge < -0.3 is 5.11 Å². The highest BCUT2D eigenvalue weighted by molar-refractivity contribution is 5.71. The number of carboxylic acid groups (broad SMARTS) is 1. The number of aliphatic carboxylic acids is 1. The number of nitriles is 1. The van der Waals surface area contributed by atoms with Crippen LogP contribution in [0.3, 0.4) is 0 Å². The number of allylic oxidation sites excluding steroid dienone is 1. The number of hydrogen-bond acceptors (Lipinski definition) is 2. The third kappa shape index (κ3) is 5.16. The zero-order valence-electron chi connectivity index (χ0n) is 6.66. The van der Waals surface area contributed by atoms with Gasteiger partial charge in [0.2, 0.25) is 0 Å². The number of rotatable bonds is 3. The zero-order chi connectivity index (χ0) is 8.85. The molecule has 0 spiro atoms. The molecule has 0 saturated carbocycles. The minimum absolute atomic E-state index is 0.172. The molecule has 3 heteroatoms. The molecule has 0 aliphatic rings. The van der Waals surface area contributed by atoms with E-state index in [4.69, 9.17) is 10.4 Å². The lowest BCUT2D eigenvalue weighted by Gasteiger charge is -1.96. The molecule has 0 bridgehead atoms. The molecule has 0 heterocycles. The van der Waals surface area contributed by atoms with Gasteiger partial charge in [0.15, 0.2) is 0 Å². The number of carboxylic acids is 1. The molecule has 11 heavy (non-hydrogen) atoms. The van der Waals surface area contributed by atoms with Gasteiger partial charge in [0.25, 0.3) is 0 Å². The van der Waals surface area contributed by atoms with Crippen molar-refractivity contribution in [3.63, 3.8) is 0 Å². The maximum atomic E-state index is 10.2. The summed E-state index contributed by atoms with van der Waals surface area (Å²) in [6.07, 6.45) is 1.49. The Hall–Kier alpha value is -1.30. The van der Waals surface area contributed by atoms with Crippen LogP contribution in [0.1, 0.15) is 20.3 Å². The summed E-state index contributed by atoms with van der Waals surface area (Å²) in [5, 5.41) is 16.8. The molecule has 60 valence electrons. The lowest BCUT2D eigenvalue weighted by Crippen LogP contribution is -1.97. The molecular weight excluding hydrogens is 142 g/mol. The maximum absolute atomic E-state index is 10.2. The molecule has 0 aromatic heterocycles. The Bertz CT molecular complexity index is 211. The van der Waals surface area contributed by atoms with Gasteiger partial charge in [-0.1, -0.05) is 19.9 Å². The molecule has 0 saturated heterocycles. The first-order valence-corrected chi connectivity index (χ1v) is 3.39. The van der Waals surface area contributed by atoms with Crippen LogP contribution in [0.5, 0.6) is 0 Å². The second-order valence-electron chi connectivity index (χ2n) is 2.62. The first-order valence-electron chi connectivity index (χ1n) is 3.39. The molecule has 0 radical (unpaired) electrons. The molecule has 0 aromatic rings. The largest absolute Gasteiger partial charge is 0.481 e. The van der Waals surface area contributed by atoms with Crippen LogP contribution in [-0.2, 0) is 4.79 Å². The Morgan fingerprint density at radius 3 is 2.55 bits per heavy atom. The Morgan fingerprint density at radius 1 is 1.73 bits per heavy atom. The lowest BCUT2D eigenvalue weighted by molar-refractivity contribution is -0.136. The standard InChI is InChI=1S/C8H11NO2/c1-6(2)3-7(5-9)4-8(10)11/h3,6H,4H2,1-2H3,(H,10,11)/b7-3+. The van der Waals surface area contributed by atoms with E-state index in [1.807, 2.05) is 19.9 Å². The summed E-state index contributed by atoms with van der Waals surface area (Å²) in [6.45, 7) is 3.80. The Kier molecular flexibility index (Phi) is 3.97. The van der Waals surface area contributed by atoms with Crippen molar-refractivity contribution in [2.45, 2.75) is 20.3 Å². The van der Waals surface area contributed by atoms with Gasteiger partial charge in [0.05, 0.1) is 12.5 Å². The number of nitrogens with zero attached hydrogens (tertiary/aromatic N) is 1. The molecule has 0 amide bonds. The fourth-order valence-corrected chi connectivity index (χ4v) is 0.701. The van der Waals surface area contributed by atoms with Crippen molar-refractivity contribution in [2.75, 3.05) is 0 Å². The van der Waals surface area contributed by atoms with Crippen molar-refractivity contribution in [3.05, 3.63) is 11.6 Å².